The number of halogens is 2. The molecule has 0 radical (unpaired) electrons. The number of nitrogens with two attached hydrogens (primary N) is 2. The van der Waals surface area contributed by atoms with Gasteiger partial charge in [-0.2, -0.15) is 0 Å². The summed E-state index contributed by atoms with van der Waals surface area (Å²) >= 11 is 5.90. The highest BCUT2D eigenvalue weighted by Gasteiger charge is 2.13. The summed E-state index contributed by atoms with van der Waals surface area (Å²) in [6, 6.07) is 3.27. The van der Waals surface area contributed by atoms with E-state index < -0.39 is 0 Å². The van der Waals surface area contributed by atoms with Crippen LogP contribution in [0.25, 0.3) is 0 Å². The largest absolute Gasteiger partial charge is 0.503 e. The van der Waals surface area contributed by atoms with Crippen molar-refractivity contribution in [1.82, 2.24) is 0 Å². The highest BCUT2D eigenvalue weighted by molar-refractivity contribution is 6.32. The SMILES string of the molecule is COc1cc([C@H](N)CCCCN)cc(Cl)c1O.Cl. The quantitative estimate of drug-likeness (QED) is 0.705. The molecule has 0 aromatic heterocycles. The highest BCUT2D eigenvalue weighted by atomic mass is 35.5. The van der Waals surface area contributed by atoms with Crippen molar-refractivity contribution in [3.63, 3.8) is 0 Å². The normalized spacial score (nSPS) is 11.8. The van der Waals surface area contributed by atoms with E-state index in [0.717, 1.165) is 24.8 Å². The summed E-state index contributed by atoms with van der Waals surface area (Å²) < 4.78 is 5.03. The van der Waals surface area contributed by atoms with Crippen molar-refractivity contribution in [3.05, 3.63) is 22.7 Å². The first-order valence-electron chi connectivity index (χ1n) is 5.62. The fraction of sp³-hybridized carbons (Fsp3) is 0.500. The van der Waals surface area contributed by atoms with Crippen LogP contribution in [0.2, 0.25) is 5.02 Å². The highest BCUT2D eigenvalue weighted by Crippen LogP contribution is 2.36. The number of hydrogen-bond acceptors (Lipinski definition) is 4. The van der Waals surface area contributed by atoms with Crippen molar-refractivity contribution in [2.75, 3.05) is 13.7 Å². The Kier molecular flexibility index (Phi) is 8.11. The summed E-state index contributed by atoms with van der Waals surface area (Å²) in [4.78, 5) is 0. The first-order valence-corrected chi connectivity index (χ1v) is 6.00. The van der Waals surface area contributed by atoms with Crippen LogP contribution in [-0.2, 0) is 0 Å². The predicted molar refractivity (Wildman–Crippen MR) is 76.8 cm³/mol. The molecule has 1 aromatic rings. The molecule has 4 nitrogen and oxygen atoms in total. The second-order valence-electron chi connectivity index (χ2n) is 3.94. The summed E-state index contributed by atoms with van der Waals surface area (Å²) in [5, 5.41) is 9.86. The van der Waals surface area contributed by atoms with Crippen LogP contribution in [0, 0.1) is 0 Å². The van der Waals surface area contributed by atoms with Gasteiger partial charge in [-0.1, -0.05) is 18.0 Å². The molecular formula is C12H20Cl2N2O2. The first-order chi connectivity index (χ1) is 8.10. The molecule has 104 valence electrons. The number of methoxy groups -OCH3 is 1. The molecule has 1 rings (SSSR count). The van der Waals surface area contributed by atoms with E-state index in [4.69, 9.17) is 27.8 Å². The molecule has 18 heavy (non-hydrogen) atoms. The number of phenols is 1. The monoisotopic (exact) mass is 294 g/mol. The van der Waals surface area contributed by atoms with Crippen molar-refractivity contribution in [2.24, 2.45) is 11.5 Å². The van der Waals surface area contributed by atoms with Crippen LogP contribution in [0.4, 0.5) is 0 Å². The van der Waals surface area contributed by atoms with E-state index in [0.29, 0.717) is 12.3 Å². The molecule has 0 aliphatic heterocycles. The van der Waals surface area contributed by atoms with E-state index in [1.54, 1.807) is 12.1 Å². The van der Waals surface area contributed by atoms with E-state index in [9.17, 15) is 5.11 Å². The minimum absolute atomic E-state index is 0. The molecule has 0 saturated carbocycles. The van der Waals surface area contributed by atoms with Gasteiger partial charge >= 0.3 is 0 Å². The van der Waals surface area contributed by atoms with Crippen LogP contribution in [-0.4, -0.2) is 18.8 Å². The van der Waals surface area contributed by atoms with E-state index in [1.807, 2.05) is 0 Å². The Balaban J connectivity index is 0.00000289. The minimum atomic E-state index is -0.117. The fourth-order valence-electron chi connectivity index (χ4n) is 1.64. The van der Waals surface area contributed by atoms with Crippen LogP contribution in [0.1, 0.15) is 30.9 Å². The van der Waals surface area contributed by atoms with Crippen LogP contribution in [0.5, 0.6) is 11.5 Å². The maximum absolute atomic E-state index is 9.60. The van der Waals surface area contributed by atoms with Gasteiger partial charge in [-0.3, -0.25) is 0 Å². The number of rotatable bonds is 6. The standard InChI is InChI=1S/C12H19ClN2O2.ClH/c1-17-11-7-8(6-9(13)12(11)16)10(15)4-2-3-5-14;/h6-7,10,16H,2-5,14-15H2,1H3;1H/t10-;/m1./s1. The van der Waals surface area contributed by atoms with Crippen molar-refractivity contribution < 1.29 is 9.84 Å². The minimum Gasteiger partial charge on any atom is -0.503 e. The van der Waals surface area contributed by atoms with Gasteiger partial charge in [0.1, 0.15) is 0 Å². The van der Waals surface area contributed by atoms with Crippen LogP contribution in [0.3, 0.4) is 0 Å². The molecule has 0 unspecified atom stereocenters. The molecule has 0 amide bonds. The van der Waals surface area contributed by atoms with Gasteiger partial charge in [0, 0.05) is 6.04 Å². The van der Waals surface area contributed by atoms with Gasteiger partial charge in [0.2, 0.25) is 0 Å². The summed E-state index contributed by atoms with van der Waals surface area (Å²) in [5.74, 6) is 0.300. The van der Waals surface area contributed by atoms with Gasteiger partial charge < -0.3 is 21.3 Å². The molecule has 0 aliphatic rings. The van der Waals surface area contributed by atoms with Crippen molar-refractivity contribution in [3.8, 4) is 11.5 Å². The van der Waals surface area contributed by atoms with Gasteiger partial charge in [0.25, 0.3) is 0 Å². The zero-order valence-corrected chi connectivity index (χ0v) is 11.9. The Labute approximate surface area is 119 Å². The predicted octanol–water partition coefficient (Wildman–Crippen LogP) is 2.60. The van der Waals surface area contributed by atoms with Gasteiger partial charge in [-0.25, -0.2) is 0 Å². The lowest BCUT2D eigenvalue weighted by Crippen LogP contribution is -2.11. The lowest BCUT2D eigenvalue weighted by molar-refractivity contribution is 0.372. The molecule has 0 fully saturated rings. The molecule has 6 heteroatoms. The van der Waals surface area contributed by atoms with E-state index in [-0.39, 0.29) is 29.2 Å². The van der Waals surface area contributed by atoms with Gasteiger partial charge in [0.15, 0.2) is 11.5 Å². The molecule has 0 heterocycles. The summed E-state index contributed by atoms with van der Waals surface area (Å²) in [6.45, 7) is 0.673. The second-order valence-corrected chi connectivity index (χ2v) is 4.35. The molecule has 0 saturated heterocycles. The number of benzene rings is 1. The maximum atomic E-state index is 9.60. The number of aromatic hydroxyl groups is 1. The Morgan fingerprint density at radius 3 is 2.61 bits per heavy atom. The zero-order chi connectivity index (χ0) is 12.8. The average Bonchev–Trinajstić information content (AvgIpc) is 2.32. The summed E-state index contributed by atoms with van der Waals surface area (Å²) in [5.41, 5.74) is 12.3. The first kappa shape index (κ1) is 17.3. The Morgan fingerprint density at radius 2 is 2.06 bits per heavy atom. The Bertz CT molecular complexity index is 375. The Hall–Kier alpha value is -0.680. The average molecular weight is 295 g/mol. The molecule has 0 aliphatic carbocycles. The third-order valence-corrected chi connectivity index (χ3v) is 2.96. The lowest BCUT2D eigenvalue weighted by atomic mass is 10.0. The number of phenolic OH excluding ortho intramolecular Hbond substituents is 1. The fourth-order valence-corrected chi connectivity index (χ4v) is 1.86. The van der Waals surface area contributed by atoms with Crippen molar-refractivity contribution in [2.45, 2.75) is 25.3 Å². The van der Waals surface area contributed by atoms with E-state index >= 15 is 0 Å². The molecule has 1 aromatic carbocycles. The Morgan fingerprint density at radius 1 is 1.39 bits per heavy atom. The van der Waals surface area contributed by atoms with Gasteiger partial charge in [0.05, 0.1) is 12.1 Å². The van der Waals surface area contributed by atoms with Gasteiger partial charge in [-0.05, 0) is 37.1 Å². The molecular weight excluding hydrogens is 275 g/mol. The van der Waals surface area contributed by atoms with Crippen molar-refractivity contribution in [1.29, 1.82) is 0 Å². The summed E-state index contributed by atoms with van der Waals surface area (Å²) in [6.07, 6.45) is 2.76. The van der Waals surface area contributed by atoms with Crippen molar-refractivity contribution >= 4 is 24.0 Å². The van der Waals surface area contributed by atoms with Crippen LogP contribution >= 0.6 is 24.0 Å². The third kappa shape index (κ3) is 4.53. The van der Waals surface area contributed by atoms with Gasteiger partial charge in [-0.15, -0.1) is 12.4 Å². The number of ether oxygens (including phenoxy) is 1. The second kappa shape index (κ2) is 8.43. The summed E-state index contributed by atoms with van der Waals surface area (Å²) in [7, 11) is 1.48. The molecule has 0 bridgehead atoms. The number of hydrogen-bond donors (Lipinski definition) is 3. The van der Waals surface area contributed by atoms with Crippen LogP contribution < -0.4 is 16.2 Å². The topological polar surface area (TPSA) is 81.5 Å². The van der Waals surface area contributed by atoms with E-state index in [2.05, 4.69) is 0 Å². The lowest BCUT2D eigenvalue weighted by Gasteiger charge is -2.14. The molecule has 0 spiro atoms. The zero-order valence-electron chi connectivity index (χ0n) is 10.4. The van der Waals surface area contributed by atoms with Crippen LogP contribution in [0.15, 0.2) is 12.1 Å². The maximum Gasteiger partial charge on any atom is 0.176 e. The van der Waals surface area contributed by atoms with E-state index in [1.165, 1.54) is 7.11 Å². The molecule has 1 atom stereocenters. The smallest absolute Gasteiger partial charge is 0.176 e. The molecule has 5 N–H and O–H groups in total. The third-order valence-electron chi connectivity index (χ3n) is 2.67. The number of unbranched alkanes of at least 4 members (excludes halogenated alkanes) is 1.